The van der Waals surface area contributed by atoms with E-state index in [0.29, 0.717) is 43.4 Å². The molecule has 1 fully saturated rings. The molecule has 9 nitrogen and oxygen atoms in total. The Morgan fingerprint density at radius 3 is 2.78 bits per heavy atom. The Bertz CT molecular complexity index is 1360. The quantitative estimate of drug-likeness (QED) is 0.266. The summed E-state index contributed by atoms with van der Waals surface area (Å²) in [5.74, 6) is 1.34. The van der Waals surface area contributed by atoms with Crippen LogP contribution in [-0.2, 0) is 16.6 Å². The Hall–Kier alpha value is -4.11. The maximum absolute atomic E-state index is 13.9. The molecule has 9 heteroatoms. The minimum atomic E-state index is -0.352. The van der Waals surface area contributed by atoms with Crippen molar-refractivity contribution in [2.45, 2.75) is 38.1 Å². The van der Waals surface area contributed by atoms with Gasteiger partial charge in [-0.25, -0.2) is 4.57 Å². The SMILES string of the molecule is CCCCN(C(=O)CN1C[C@H](c2ccc3c(c2)OCO3)[C@@H](C=O)[C@@H]1CCOc1ccccc1O)c1ccc[n+](C)c1. The molecule has 1 amide bonds. The molecule has 3 aromatic rings. The van der Waals surface area contributed by atoms with Crippen molar-refractivity contribution in [2.75, 3.05) is 37.9 Å². The number of para-hydroxylation sites is 2. The van der Waals surface area contributed by atoms with Gasteiger partial charge in [0.1, 0.15) is 19.0 Å². The van der Waals surface area contributed by atoms with Crippen LogP contribution in [0.1, 0.15) is 37.7 Å². The number of aromatic hydroxyl groups is 1. The molecule has 5 rings (SSSR count). The summed E-state index contributed by atoms with van der Waals surface area (Å²) in [5, 5.41) is 10.1. The summed E-state index contributed by atoms with van der Waals surface area (Å²) >= 11 is 0. The van der Waals surface area contributed by atoms with Crippen molar-refractivity contribution in [3.05, 3.63) is 72.6 Å². The van der Waals surface area contributed by atoms with E-state index in [1.54, 1.807) is 24.3 Å². The van der Waals surface area contributed by atoms with Crippen molar-refractivity contribution < 1.29 is 33.5 Å². The Kier molecular flexibility index (Phi) is 9.04. The van der Waals surface area contributed by atoms with Gasteiger partial charge in [0, 0.05) is 37.0 Å². The first-order chi connectivity index (χ1) is 20.0. The van der Waals surface area contributed by atoms with E-state index in [4.69, 9.17) is 14.2 Å². The van der Waals surface area contributed by atoms with Crippen molar-refractivity contribution in [1.82, 2.24) is 4.90 Å². The van der Waals surface area contributed by atoms with E-state index < -0.39 is 0 Å². The summed E-state index contributed by atoms with van der Waals surface area (Å²) in [4.78, 5) is 30.5. The fourth-order valence-corrected chi connectivity index (χ4v) is 5.81. The third kappa shape index (κ3) is 6.46. The van der Waals surface area contributed by atoms with Gasteiger partial charge in [0.05, 0.1) is 13.2 Å². The number of nitrogens with zero attached hydrogens (tertiary/aromatic N) is 3. The van der Waals surface area contributed by atoms with E-state index in [9.17, 15) is 14.7 Å². The van der Waals surface area contributed by atoms with Gasteiger partial charge in [-0.2, -0.15) is 0 Å². The number of amides is 1. The molecule has 0 bridgehead atoms. The third-order valence-corrected chi connectivity index (χ3v) is 7.94. The van der Waals surface area contributed by atoms with Crippen LogP contribution in [0.3, 0.4) is 0 Å². The predicted octanol–water partition coefficient (Wildman–Crippen LogP) is 3.83. The van der Waals surface area contributed by atoms with Crippen LogP contribution in [0, 0.1) is 5.92 Å². The highest BCUT2D eigenvalue weighted by molar-refractivity contribution is 5.94. The van der Waals surface area contributed by atoms with E-state index in [2.05, 4.69) is 11.8 Å². The van der Waals surface area contributed by atoms with Gasteiger partial charge >= 0.3 is 0 Å². The van der Waals surface area contributed by atoms with Gasteiger partial charge in [0.25, 0.3) is 0 Å². The number of rotatable bonds is 12. The second kappa shape index (κ2) is 13.0. The average Bonchev–Trinajstić information content (AvgIpc) is 3.58. The second-order valence-electron chi connectivity index (χ2n) is 10.7. The lowest BCUT2D eigenvalue weighted by Gasteiger charge is -2.29. The first-order valence-corrected chi connectivity index (χ1v) is 14.2. The molecule has 0 radical (unpaired) electrons. The number of aromatic nitrogens is 1. The number of unbranched alkanes of at least 4 members (excludes halogenated alkanes) is 1. The number of anilines is 1. The van der Waals surface area contributed by atoms with Gasteiger partial charge in [0.15, 0.2) is 35.4 Å². The zero-order valence-electron chi connectivity index (χ0n) is 23.6. The largest absolute Gasteiger partial charge is 0.504 e. The summed E-state index contributed by atoms with van der Waals surface area (Å²) in [6, 6.07) is 16.3. The summed E-state index contributed by atoms with van der Waals surface area (Å²) in [5.41, 5.74) is 1.83. The molecular weight excluding hydrogens is 522 g/mol. The van der Waals surface area contributed by atoms with E-state index in [1.165, 1.54) is 0 Å². The van der Waals surface area contributed by atoms with E-state index in [0.717, 1.165) is 30.4 Å². The van der Waals surface area contributed by atoms with E-state index >= 15 is 0 Å². The Morgan fingerprint density at radius 2 is 2.00 bits per heavy atom. The van der Waals surface area contributed by atoms with Gasteiger partial charge < -0.3 is 29.0 Å². The molecule has 1 aromatic heterocycles. The molecule has 0 spiro atoms. The summed E-state index contributed by atoms with van der Waals surface area (Å²) in [7, 11) is 1.94. The van der Waals surface area contributed by atoms with Crippen LogP contribution in [0.5, 0.6) is 23.0 Å². The van der Waals surface area contributed by atoms with E-state index in [1.807, 2.05) is 59.2 Å². The lowest BCUT2D eigenvalue weighted by atomic mass is 9.85. The van der Waals surface area contributed by atoms with Crippen LogP contribution in [0.15, 0.2) is 67.0 Å². The second-order valence-corrected chi connectivity index (χ2v) is 10.7. The molecule has 0 aliphatic carbocycles. The molecule has 0 unspecified atom stereocenters. The number of carbonyl (C=O) groups is 2. The molecule has 2 aliphatic heterocycles. The standard InChI is InChI=1S/C32H37N3O6/c1-3-4-15-35(24-8-7-14-33(2)18-24)32(38)20-34-19-25(23-11-12-30-31(17-23)41-22-40-30)26(21-36)27(34)13-16-39-29-10-6-5-9-28(29)37/h5-12,14,17-18,21,25-27H,3-4,13,15-16,19-20,22H2,1-2H3/p+1/t25-,26-,27+/m1/s1. The number of pyridine rings is 1. The number of hydrogen-bond acceptors (Lipinski definition) is 7. The lowest BCUT2D eigenvalue weighted by Crippen LogP contribution is -2.45. The van der Waals surface area contributed by atoms with Crippen molar-refractivity contribution in [3.8, 4) is 23.0 Å². The minimum absolute atomic E-state index is 0.00717. The molecule has 0 saturated carbocycles. The number of fused-ring (bicyclic) bond motifs is 1. The Morgan fingerprint density at radius 1 is 1.17 bits per heavy atom. The van der Waals surface area contributed by atoms with Crippen molar-refractivity contribution >= 4 is 17.9 Å². The highest BCUT2D eigenvalue weighted by Crippen LogP contribution is 2.42. The maximum atomic E-state index is 13.9. The average molecular weight is 561 g/mol. The number of carbonyl (C=O) groups excluding carboxylic acids is 2. The van der Waals surface area contributed by atoms with Crippen LogP contribution in [0.25, 0.3) is 0 Å². The number of likely N-dealkylation sites (tertiary alicyclic amines) is 1. The fourth-order valence-electron chi connectivity index (χ4n) is 5.81. The van der Waals surface area contributed by atoms with Crippen molar-refractivity contribution in [2.24, 2.45) is 13.0 Å². The summed E-state index contributed by atoms with van der Waals surface area (Å²) in [6.45, 7) is 3.92. The molecule has 3 atom stereocenters. The molecule has 2 aliphatic rings. The molecule has 41 heavy (non-hydrogen) atoms. The smallest absolute Gasteiger partial charge is 0.241 e. The van der Waals surface area contributed by atoms with Gasteiger partial charge in [0.2, 0.25) is 12.7 Å². The highest BCUT2D eigenvalue weighted by atomic mass is 16.7. The van der Waals surface area contributed by atoms with Crippen LogP contribution in [-0.4, -0.2) is 61.3 Å². The summed E-state index contributed by atoms with van der Waals surface area (Å²) < 4.78 is 18.9. The zero-order chi connectivity index (χ0) is 28.8. The number of ether oxygens (including phenoxy) is 3. The first-order valence-electron chi connectivity index (χ1n) is 14.2. The number of aryl methyl sites for hydroxylation is 1. The van der Waals surface area contributed by atoms with Gasteiger partial charge in [-0.15, -0.1) is 0 Å². The fraction of sp³-hybridized carbons (Fsp3) is 0.406. The van der Waals surface area contributed by atoms with Crippen LogP contribution in [0.4, 0.5) is 5.69 Å². The van der Waals surface area contributed by atoms with Gasteiger partial charge in [-0.3, -0.25) is 9.69 Å². The monoisotopic (exact) mass is 560 g/mol. The van der Waals surface area contributed by atoms with Gasteiger partial charge in [-0.1, -0.05) is 31.5 Å². The number of phenols is 1. The Balaban J connectivity index is 1.39. The third-order valence-electron chi connectivity index (χ3n) is 7.94. The van der Waals surface area contributed by atoms with E-state index in [-0.39, 0.29) is 42.9 Å². The van der Waals surface area contributed by atoms with Crippen LogP contribution < -0.4 is 23.7 Å². The predicted molar refractivity (Wildman–Crippen MR) is 153 cm³/mol. The van der Waals surface area contributed by atoms with Crippen molar-refractivity contribution in [1.29, 1.82) is 0 Å². The topological polar surface area (TPSA) is 92.4 Å². The maximum Gasteiger partial charge on any atom is 0.241 e. The minimum Gasteiger partial charge on any atom is -0.504 e. The summed E-state index contributed by atoms with van der Waals surface area (Å²) in [6.07, 6.45) is 7.28. The van der Waals surface area contributed by atoms with Crippen LogP contribution in [0.2, 0.25) is 0 Å². The molecule has 1 saturated heterocycles. The van der Waals surface area contributed by atoms with Crippen LogP contribution >= 0.6 is 0 Å². The highest BCUT2D eigenvalue weighted by Gasteiger charge is 2.43. The molecule has 216 valence electrons. The number of hydrogen-bond donors (Lipinski definition) is 1. The number of benzene rings is 2. The van der Waals surface area contributed by atoms with Crippen molar-refractivity contribution in [3.63, 3.8) is 0 Å². The molecule has 3 heterocycles. The molecular formula is C32H38N3O6+. The normalized spacial score (nSPS) is 19.7. The Labute approximate surface area is 240 Å². The molecule has 1 N–H and O–H groups in total. The number of phenolic OH excluding ortho intramolecular Hbond substituents is 1. The first kappa shape index (κ1) is 28.4. The number of aldehydes is 1. The molecule has 2 aromatic carbocycles. The van der Waals surface area contributed by atoms with Gasteiger partial charge in [-0.05, 0) is 48.7 Å². The lowest BCUT2D eigenvalue weighted by molar-refractivity contribution is -0.670. The zero-order valence-corrected chi connectivity index (χ0v) is 23.6.